The normalized spacial score (nSPS) is 13.8. The number of thiophene rings is 1. The molecule has 1 aliphatic heterocycles. The molecule has 1 amide bonds. The number of aryl methyl sites for hydroxylation is 1. The molecular weight excluding hydrogens is 476 g/mol. The van der Waals surface area contributed by atoms with E-state index in [-0.39, 0.29) is 5.91 Å². The van der Waals surface area contributed by atoms with Crippen LogP contribution in [-0.4, -0.2) is 30.5 Å². The molecule has 1 fully saturated rings. The van der Waals surface area contributed by atoms with E-state index in [0.29, 0.717) is 23.5 Å². The topological polar surface area (TPSA) is 71.2 Å². The van der Waals surface area contributed by atoms with Crippen LogP contribution in [0.15, 0.2) is 54.6 Å². The highest BCUT2D eigenvalue weighted by molar-refractivity contribution is 7.21. The number of aromatic nitrogens is 1. The van der Waals surface area contributed by atoms with E-state index in [1.807, 2.05) is 37.3 Å². The monoisotopic (exact) mass is 504 g/mol. The number of benzene rings is 2. The van der Waals surface area contributed by atoms with Gasteiger partial charge in [-0.3, -0.25) is 4.79 Å². The fourth-order valence-electron chi connectivity index (χ4n) is 4.70. The van der Waals surface area contributed by atoms with Crippen molar-refractivity contribution in [3.8, 4) is 11.1 Å². The van der Waals surface area contributed by atoms with Crippen LogP contribution in [0.2, 0.25) is 5.02 Å². The summed E-state index contributed by atoms with van der Waals surface area (Å²) < 4.78 is 0. The van der Waals surface area contributed by atoms with Crippen LogP contribution in [0, 0.1) is 6.92 Å². The maximum Gasteiger partial charge on any atom is 0.263 e. The number of carbonyl (C=O) groups is 1. The first-order valence-electron chi connectivity index (χ1n) is 12.1. The molecule has 7 heteroatoms. The molecule has 5 rings (SSSR count). The Labute approximate surface area is 214 Å². The first-order chi connectivity index (χ1) is 17.0. The van der Waals surface area contributed by atoms with E-state index in [4.69, 9.17) is 17.3 Å². The van der Waals surface area contributed by atoms with Crippen molar-refractivity contribution in [1.82, 2.24) is 10.3 Å². The van der Waals surface area contributed by atoms with Gasteiger partial charge in [-0.15, -0.1) is 11.3 Å². The first-order valence-corrected chi connectivity index (χ1v) is 13.3. The predicted molar refractivity (Wildman–Crippen MR) is 148 cm³/mol. The van der Waals surface area contributed by atoms with Crippen molar-refractivity contribution in [3.05, 3.63) is 75.8 Å². The molecule has 0 bridgehead atoms. The Hall–Kier alpha value is -3.09. The molecule has 2 aromatic heterocycles. The highest BCUT2D eigenvalue weighted by atomic mass is 35.5. The van der Waals surface area contributed by atoms with Crippen molar-refractivity contribution >= 4 is 50.4 Å². The predicted octanol–water partition coefficient (Wildman–Crippen LogP) is 6.47. The lowest BCUT2D eigenvalue weighted by molar-refractivity contribution is 0.0959. The average molecular weight is 505 g/mol. The SMILES string of the molecule is Cc1ccc2c(N)c(C(=O)NCCc3ccc(N4CCCCC4)c(-c4ccccc4Cl)c3)sc2n1. The highest BCUT2D eigenvalue weighted by Crippen LogP contribution is 2.37. The number of piperidine rings is 1. The number of amides is 1. The van der Waals surface area contributed by atoms with Crippen molar-refractivity contribution < 1.29 is 4.79 Å². The summed E-state index contributed by atoms with van der Waals surface area (Å²) in [6.07, 6.45) is 4.43. The lowest BCUT2D eigenvalue weighted by Crippen LogP contribution is -2.30. The second kappa shape index (κ2) is 10.3. The molecule has 2 aromatic carbocycles. The van der Waals surface area contributed by atoms with Gasteiger partial charge in [-0.05, 0) is 68.5 Å². The highest BCUT2D eigenvalue weighted by Gasteiger charge is 2.19. The summed E-state index contributed by atoms with van der Waals surface area (Å²) in [6, 6.07) is 18.4. The summed E-state index contributed by atoms with van der Waals surface area (Å²) in [5.74, 6) is -0.153. The van der Waals surface area contributed by atoms with E-state index in [2.05, 4.69) is 39.5 Å². The lowest BCUT2D eigenvalue weighted by Gasteiger charge is -2.31. The molecule has 1 aliphatic rings. The first kappa shape index (κ1) is 23.6. The van der Waals surface area contributed by atoms with Crippen LogP contribution in [0.3, 0.4) is 0 Å². The van der Waals surface area contributed by atoms with Crippen molar-refractivity contribution in [2.24, 2.45) is 0 Å². The largest absolute Gasteiger partial charge is 0.397 e. The summed E-state index contributed by atoms with van der Waals surface area (Å²) in [6.45, 7) is 4.59. The number of carbonyl (C=O) groups excluding carboxylic acids is 1. The summed E-state index contributed by atoms with van der Waals surface area (Å²) in [7, 11) is 0. The van der Waals surface area contributed by atoms with Gasteiger partial charge in [-0.1, -0.05) is 35.9 Å². The molecule has 35 heavy (non-hydrogen) atoms. The number of rotatable bonds is 6. The van der Waals surface area contributed by atoms with Crippen molar-refractivity contribution in [2.45, 2.75) is 32.6 Å². The molecule has 4 aromatic rings. The number of pyridine rings is 1. The van der Waals surface area contributed by atoms with Crippen molar-refractivity contribution in [2.75, 3.05) is 30.3 Å². The number of anilines is 2. The fourth-order valence-corrected chi connectivity index (χ4v) is 6.00. The van der Waals surface area contributed by atoms with Crippen molar-refractivity contribution in [1.29, 1.82) is 0 Å². The molecule has 0 unspecified atom stereocenters. The van der Waals surface area contributed by atoms with Crippen molar-refractivity contribution in [3.63, 3.8) is 0 Å². The summed E-state index contributed by atoms with van der Waals surface area (Å²) in [4.78, 5) is 21.2. The Bertz CT molecular complexity index is 1380. The van der Waals surface area contributed by atoms with Crippen LogP contribution in [0.25, 0.3) is 21.3 Å². The van der Waals surface area contributed by atoms with Crippen LogP contribution < -0.4 is 16.0 Å². The number of nitrogen functional groups attached to an aromatic ring is 1. The molecule has 0 spiro atoms. The van der Waals surface area contributed by atoms with Crippen LogP contribution >= 0.6 is 22.9 Å². The van der Waals surface area contributed by atoms with E-state index in [1.54, 1.807) is 0 Å². The number of nitrogens with zero attached hydrogens (tertiary/aromatic N) is 2. The fraction of sp³-hybridized carbons (Fsp3) is 0.286. The number of halogens is 1. The summed E-state index contributed by atoms with van der Waals surface area (Å²) >= 11 is 7.95. The minimum Gasteiger partial charge on any atom is -0.397 e. The van der Waals surface area contributed by atoms with Gasteiger partial charge < -0.3 is 16.0 Å². The molecule has 180 valence electrons. The Kier molecular flexibility index (Phi) is 6.93. The molecule has 1 saturated heterocycles. The zero-order valence-electron chi connectivity index (χ0n) is 19.8. The Morgan fingerprint density at radius 3 is 2.69 bits per heavy atom. The number of hydrogen-bond donors (Lipinski definition) is 2. The Morgan fingerprint density at radius 2 is 1.89 bits per heavy atom. The smallest absolute Gasteiger partial charge is 0.263 e. The van der Waals surface area contributed by atoms with Gasteiger partial charge in [0.25, 0.3) is 5.91 Å². The summed E-state index contributed by atoms with van der Waals surface area (Å²) in [5.41, 5.74) is 12.2. The van der Waals surface area contributed by atoms with E-state index < -0.39 is 0 Å². The van der Waals surface area contributed by atoms with Crippen LogP contribution in [0.5, 0.6) is 0 Å². The molecule has 0 radical (unpaired) electrons. The molecule has 0 atom stereocenters. The van der Waals surface area contributed by atoms with Crippen LogP contribution in [0.4, 0.5) is 11.4 Å². The maximum atomic E-state index is 12.9. The van der Waals surface area contributed by atoms with Gasteiger partial charge in [0, 0.05) is 52.6 Å². The van der Waals surface area contributed by atoms with E-state index in [0.717, 1.165) is 50.7 Å². The standard InChI is InChI=1S/C28H29ClN4OS/c1-18-9-11-21-25(30)26(35-28(21)32-18)27(34)31-14-13-19-10-12-24(33-15-5-2-6-16-33)22(17-19)20-7-3-4-8-23(20)29/h3-4,7-12,17H,2,5-6,13-16,30H2,1H3,(H,31,34). The van der Waals surface area contributed by atoms with Gasteiger partial charge in [0.15, 0.2) is 0 Å². The lowest BCUT2D eigenvalue weighted by atomic mass is 9.97. The molecule has 3 N–H and O–H groups in total. The second-order valence-corrected chi connectivity index (χ2v) is 10.4. The Balaban J connectivity index is 1.34. The number of nitrogens with two attached hydrogens (primary N) is 1. The molecule has 0 saturated carbocycles. The molecule has 0 aliphatic carbocycles. The van der Waals surface area contributed by atoms with E-state index >= 15 is 0 Å². The Morgan fingerprint density at radius 1 is 1.09 bits per heavy atom. The van der Waals surface area contributed by atoms with Gasteiger partial charge in [0.05, 0.1) is 5.69 Å². The van der Waals surface area contributed by atoms with Gasteiger partial charge in [-0.2, -0.15) is 0 Å². The van der Waals surface area contributed by atoms with Crippen LogP contribution in [0.1, 0.15) is 40.2 Å². The van der Waals surface area contributed by atoms with Crippen LogP contribution in [-0.2, 0) is 6.42 Å². The average Bonchev–Trinajstić information content (AvgIpc) is 3.20. The van der Waals surface area contributed by atoms with Gasteiger partial charge >= 0.3 is 0 Å². The van der Waals surface area contributed by atoms with Gasteiger partial charge in [0.2, 0.25) is 0 Å². The molecule has 5 nitrogen and oxygen atoms in total. The number of nitrogens with one attached hydrogen (secondary N) is 1. The molecule has 3 heterocycles. The quantitative estimate of drug-likeness (QED) is 0.315. The second-order valence-electron chi connectivity index (χ2n) is 9.04. The molecular formula is C28H29ClN4OS. The number of fused-ring (bicyclic) bond motifs is 1. The maximum absolute atomic E-state index is 12.9. The minimum atomic E-state index is -0.153. The zero-order chi connectivity index (χ0) is 24.4. The third-order valence-corrected chi connectivity index (χ3v) is 8.00. The van der Waals surface area contributed by atoms with E-state index in [1.165, 1.54) is 36.3 Å². The summed E-state index contributed by atoms with van der Waals surface area (Å²) in [5, 5.41) is 4.63. The van der Waals surface area contributed by atoms with Gasteiger partial charge in [0.1, 0.15) is 9.71 Å². The third kappa shape index (κ3) is 5.00. The van der Waals surface area contributed by atoms with Gasteiger partial charge in [-0.25, -0.2) is 4.98 Å². The third-order valence-electron chi connectivity index (χ3n) is 6.56. The zero-order valence-corrected chi connectivity index (χ0v) is 21.4. The van der Waals surface area contributed by atoms with E-state index in [9.17, 15) is 4.79 Å². The number of hydrogen-bond acceptors (Lipinski definition) is 5. The minimum absolute atomic E-state index is 0.153.